The molecule has 3 aromatic rings. The van der Waals surface area contributed by atoms with Gasteiger partial charge in [-0.1, -0.05) is 0 Å². The van der Waals surface area contributed by atoms with Gasteiger partial charge in [0.05, 0.1) is 12.8 Å². The van der Waals surface area contributed by atoms with E-state index in [1.165, 1.54) is 0 Å². The van der Waals surface area contributed by atoms with Crippen LogP contribution in [0.3, 0.4) is 0 Å². The van der Waals surface area contributed by atoms with Gasteiger partial charge in [-0.15, -0.1) is 0 Å². The van der Waals surface area contributed by atoms with Crippen molar-refractivity contribution >= 4 is 23.0 Å². The number of phenolic OH excluding ortho intramolecular Hbond substituents is 1. The van der Waals surface area contributed by atoms with Crippen molar-refractivity contribution in [2.24, 2.45) is 4.99 Å². The van der Waals surface area contributed by atoms with Gasteiger partial charge in [-0.25, -0.2) is 4.98 Å². The van der Waals surface area contributed by atoms with Crippen LogP contribution in [0.1, 0.15) is 11.5 Å². The van der Waals surface area contributed by atoms with Gasteiger partial charge in [0, 0.05) is 18.7 Å². The number of aliphatic imine (C=N–C) groups is 1. The van der Waals surface area contributed by atoms with Gasteiger partial charge in [-0.2, -0.15) is 0 Å². The van der Waals surface area contributed by atoms with Crippen LogP contribution < -0.4 is 4.74 Å². The molecule has 0 atom stereocenters. The van der Waals surface area contributed by atoms with Crippen molar-refractivity contribution in [3.05, 3.63) is 47.9 Å². The van der Waals surface area contributed by atoms with Gasteiger partial charge in [0.15, 0.2) is 11.5 Å². The van der Waals surface area contributed by atoms with E-state index in [4.69, 9.17) is 9.15 Å². The zero-order valence-corrected chi connectivity index (χ0v) is 11.7. The van der Waals surface area contributed by atoms with Crippen LogP contribution in [0.5, 0.6) is 11.5 Å². The van der Waals surface area contributed by atoms with Crippen molar-refractivity contribution in [2.45, 2.75) is 6.92 Å². The second-order valence-corrected chi connectivity index (χ2v) is 4.57. The molecule has 5 heteroatoms. The normalized spacial score (nSPS) is 11.3. The summed E-state index contributed by atoms with van der Waals surface area (Å²) in [6, 6.07) is 10.5. The number of ether oxygens (including phenoxy) is 1. The SMILES string of the molecule is COc1ccc(O)c(C=Nc2ccc3oc(C)nc3c2)c1. The maximum Gasteiger partial charge on any atom is 0.192 e. The third-order valence-electron chi connectivity index (χ3n) is 3.07. The Kier molecular flexibility index (Phi) is 3.31. The Morgan fingerprint density at radius 1 is 1.24 bits per heavy atom. The summed E-state index contributed by atoms with van der Waals surface area (Å²) in [7, 11) is 1.58. The first kappa shape index (κ1) is 13.2. The molecule has 0 aliphatic carbocycles. The highest BCUT2D eigenvalue weighted by molar-refractivity contribution is 5.87. The molecule has 0 unspecified atom stereocenters. The summed E-state index contributed by atoms with van der Waals surface area (Å²) < 4.78 is 10.5. The van der Waals surface area contributed by atoms with Gasteiger partial charge in [0.25, 0.3) is 0 Å². The number of aromatic hydroxyl groups is 1. The van der Waals surface area contributed by atoms with Crippen molar-refractivity contribution in [3.63, 3.8) is 0 Å². The maximum absolute atomic E-state index is 9.81. The molecule has 2 aromatic carbocycles. The maximum atomic E-state index is 9.81. The number of methoxy groups -OCH3 is 1. The van der Waals surface area contributed by atoms with Gasteiger partial charge < -0.3 is 14.3 Å². The topological polar surface area (TPSA) is 67.8 Å². The zero-order valence-electron chi connectivity index (χ0n) is 11.7. The molecule has 0 fully saturated rings. The van der Waals surface area contributed by atoms with Crippen LogP contribution in [-0.2, 0) is 0 Å². The number of aryl methyl sites for hydroxylation is 1. The van der Waals surface area contributed by atoms with E-state index in [-0.39, 0.29) is 5.75 Å². The van der Waals surface area contributed by atoms with Gasteiger partial charge in [0.2, 0.25) is 0 Å². The van der Waals surface area contributed by atoms with Crippen molar-refractivity contribution in [2.75, 3.05) is 7.11 Å². The fourth-order valence-electron chi connectivity index (χ4n) is 2.02. The van der Waals surface area contributed by atoms with Crippen molar-refractivity contribution in [3.8, 4) is 11.5 Å². The van der Waals surface area contributed by atoms with E-state index >= 15 is 0 Å². The Morgan fingerprint density at radius 3 is 2.90 bits per heavy atom. The first-order valence-corrected chi connectivity index (χ1v) is 6.44. The van der Waals surface area contributed by atoms with Crippen LogP contribution in [0.4, 0.5) is 5.69 Å². The summed E-state index contributed by atoms with van der Waals surface area (Å²) in [5.74, 6) is 1.44. The lowest BCUT2D eigenvalue weighted by Crippen LogP contribution is -1.87. The second kappa shape index (κ2) is 5.28. The Balaban J connectivity index is 1.93. The highest BCUT2D eigenvalue weighted by Gasteiger charge is 2.03. The molecule has 1 heterocycles. The van der Waals surface area contributed by atoms with E-state index in [1.54, 1.807) is 38.4 Å². The third-order valence-corrected chi connectivity index (χ3v) is 3.07. The summed E-state index contributed by atoms with van der Waals surface area (Å²) in [4.78, 5) is 8.61. The number of phenols is 1. The highest BCUT2D eigenvalue weighted by Crippen LogP contribution is 2.24. The first-order valence-electron chi connectivity index (χ1n) is 6.44. The Morgan fingerprint density at radius 2 is 2.10 bits per heavy atom. The molecule has 21 heavy (non-hydrogen) atoms. The number of aromatic nitrogens is 1. The number of benzene rings is 2. The van der Waals surface area contributed by atoms with E-state index in [1.807, 2.05) is 18.2 Å². The summed E-state index contributed by atoms with van der Waals surface area (Å²) in [5.41, 5.74) is 2.82. The smallest absolute Gasteiger partial charge is 0.192 e. The average Bonchev–Trinajstić information content (AvgIpc) is 2.85. The fraction of sp³-hybridized carbons (Fsp3) is 0.125. The predicted molar refractivity (Wildman–Crippen MR) is 80.7 cm³/mol. The molecule has 0 amide bonds. The summed E-state index contributed by atoms with van der Waals surface area (Å²) in [6.45, 7) is 1.80. The Labute approximate surface area is 121 Å². The van der Waals surface area contributed by atoms with Crippen LogP contribution in [0.25, 0.3) is 11.1 Å². The number of hydrogen-bond donors (Lipinski definition) is 1. The van der Waals surface area contributed by atoms with E-state index in [2.05, 4.69) is 9.98 Å². The molecule has 5 nitrogen and oxygen atoms in total. The van der Waals surface area contributed by atoms with Crippen LogP contribution >= 0.6 is 0 Å². The van der Waals surface area contributed by atoms with E-state index in [9.17, 15) is 5.11 Å². The summed E-state index contributed by atoms with van der Waals surface area (Å²) >= 11 is 0. The van der Waals surface area contributed by atoms with Crippen LogP contribution in [0, 0.1) is 6.92 Å². The van der Waals surface area contributed by atoms with Crippen molar-refractivity contribution in [1.82, 2.24) is 4.98 Å². The summed E-state index contributed by atoms with van der Waals surface area (Å²) in [6.07, 6.45) is 1.59. The molecule has 0 bridgehead atoms. The fourth-order valence-corrected chi connectivity index (χ4v) is 2.02. The third kappa shape index (κ3) is 2.72. The molecule has 1 aromatic heterocycles. The van der Waals surface area contributed by atoms with Gasteiger partial charge >= 0.3 is 0 Å². The molecule has 0 aliphatic rings. The molecular formula is C16H14N2O3. The number of fused-ring (bicyclic) bond motifs is 1. The minimum atomic E-state index is 0.151. The zero-order chi connectivity index (χ0) is 14.8. The molecule has 0 saturated heterocycles. The minimum absolute atomic E-state index is 0.151. The lowest BCUT2D eigenvalue weighted by atomic mass is 10.2. The number of oxazole rings is 1. The largest absolute Gasteiger partial charge is 0.507 e. The van der Waals surface area contributed by atoms with Gasteiger partial charge in [0.1, 0.15) is 17.0 Å². The van der Waals surface area contributed by atoms with Crippen molar-refractivity contribution in [1.29, 1.82) is 0 Å². The molecule has 1 N–H and O–H groups in total. The average molecular weight is 282 g/mol. The number of rotatable bonds is 3. The standard InChI is InChI=1S/C16H14N2O3/c1-10-18-14-8-12(3-6-16(14)21-10)17-9-11-7-13(20-2)4-5-15(11)19/h3-9,19H,1-2H3. The number of nitrogens with zero attached hydrogens (tertiary/aromatic N) is 2. The van der Waals surface area contributed by atoms with Crippen LogP contribution in [0.15, 0.2) is 45.8 Å². The number of hydrogen-bond acceptors (Lipinski definition) is 5. The molecule has 0 saturated carbocycles. The lowest BCUT2D eigenvalue weighted by molar-refractivity contribution is 0.412. The van der Waals surface area contributed by atoms with E-state index < -0.39 is 0 Å². The van der Waals surface area contributed by atoms with Gasteiger partial charge in [-0.3, -0.25) is 4.99 Å². The molecule has 0 aliphatic heterocycles. The molecule has 0 radical (unpaired) electrons. The monoisotopic (exact) mass is 282 g/mol. The first-order chi connectivity index (χ1) is 10.2. The van der Waals surface area contributed by atoms with E-state index in [0.717, 1.165) is 16.8 Å². The van der Waals surface area contributed by atoms with Gasteiger partial charge in [-0.05, 0) is 36.4 Å². The summed E-state index contributed by atoms with van der Waals surface area (Å²) in [5, 5.41) is 9.81. The molecule has 3 rings (SSSR count). The Bertz CT molecular complexity index is 822. The highest BCUT2D eigenvalue weighted by atomic mass is 16.5. The molecule has 106 valence electrons. The molecular weight excluding hydrogens is 268 g/mol. The van der Waals surface area contributed by atoms with Crippen molar-refractivity contribution < 1.29 is 14.3 Å². The molecule has 0 spiro atoms. The van der Waals surface area contributed by atoms with E-state index in [0.29, 0.717) is 17.2 Å². The second-order valence-electron chi connectivity index (χ2n) is 4.57. The lowest BCUT2D eigenvalue weighted by Gasteiger charge is -2.02. The minimum Gasteiger partial charge on any atom is -0.507 e. The predicted octanol–water partition coefficient (Wildman–Crippen LogP) is 3.60. The van der Waals surface area contributed by atoms with Crippen LogP contribution in [0.2, 0.25) is 0 Å². The van der Waals surface area contributed by atoms with Crippen LogP contribution in [-0.4, -0.2) is 23.4 Å². The quantitative estimate of drug-likeness (QED) is 0.745. The Hall–Kier alpha value is -2.82.